The molecule has 0 aromatic heterocycles. The molecule has 0 saturated heterocycles. The lowest BCUT2D eigenvalue weighted by Gasteiger charge is -1.98. The Labute approximate surface area is 44.3 Å². The fraction of sp³-hybridized carbons (Fsp3) is 1.00. The van der Waals surface area contributed by atoms with E-state index >= 15 is 0 Å². The minimum absolute atomic E-state index is 0.407. The molecule has 1 nitrogen and oxygen atoms in total. The summed E-state index contributed by atoms with van der Waals surface area (Å²) in [7, 11) is 0. The van der Waals surface area contributed by atoms with Crippen LogP contribution in [0, 0.1) is 0 Å². The zero-order chi connectivity index (χ0) is 4.99. The third kappa shape index (κ3) is 2.54. The van der Waals surface area contributed by atoms with Crippen LogP contribution in [0.25, 0.3) is 0 Å². The standard InChI is InChI=1S/C4H11NS/c1-2-4(6)3-5/h4,6H,2-3,5H2,1H3/t4-/m1/s1. The third-order valence-electron chi connectivity index (χ3n) is 0.743. The number of thiol groups is 1. The Morgan fingerprint density at radius 1 is 1.83 bits per heavy atom. The predicted octanol–water partition coefficient (Wildman–Crippen LogP) is 0.654. The van der Waals surface area contributed by atoms with Gasteiger partial charge in [-0.25, -0.2) is 0 Å². The predicted molar refractivity (Wildman–Crippen MR) is 32.1 cm³/mol. The van der Waals surface area contributed by atoms with Crippen molar-refractivity contribution in [3.05, 3.63) is 0 Å². The Bertz CT molecular complexity index is 26.7. The van der Waals surface area contributed by atoms with Gasteiger partial charge in [-0.05, 0) is 6.42 Å². The van der Waals surface area contributed by atoms with Crippen molar-refractivity contribution in [2.45, 2.75) is 18.6 Å². The molecule has 2 heteroatoms. The van der Waals surface area contributed by atoms with Crippen LogP contribution < -0.4 is 5.73 Å². The molecule has 0 amide bonds. The second-order valence-corrected chi connectivity index (χ2v) is 2.03. The summed E-state index contributed by atoms with van der Waals surface area (Å²) in [5, 5.41) is 0.407. The highest BCUT2D eigenvalue weighted by Gasteiger charge is 1.90. The van der Waals surface area contributed by atoms with E-state index in [1.54, 1.807) is 0 Å². The molecule has 0 bridgehead atoms. The summed E-state index contributed by atoms with van der Waals surface area (Å²) in [6.07, 6.45) is 1.07. The van der Waals surface area contributed by atoms with Crippen LogP contribution in [-0.4, -0.2) is 11.8 Å². The van der Waals surface area contributed by atoms with E-state index in [-0.39, 0.29) is 0 Å². The first kappa shape index (κ1) is 6.31. The smallest absolute Gasteiger partial charge is 0.0137 e. The Balaban J connectivity index is 2.75. The normalized spacial score (nSPS) is 14.5. The Morgan fingerprint density at radius 2 is 2.33 bits per heavy atom. The van der Waals surface area contributed by atoms with Gasteiger partial charge in [0.05, 0.1) is 0 Å². The van der Waals surface area contributed by atoms with E-state index in [4.69, 9.17) is 5.73 Å². The summed E-state index contributed by atoms with van der Waals surface area (Å²) < 4.78 is 0. The van der Waals surface area contributed by atoms with Gasteiger partial charge in [-0.3, -0.25) is 0 Å². The van der Waals surface area contributed by atoms with E-state index in [2.05, 4.69) is 19.6 Å². The summed E-state index contributed by atoms with van der Waals surface area (Å²) in [6, 6.07) is 0. The zero-order valence-electron chi connectivity index (χ0n) is 4.02. The molecule has 0 fully saturated rings. The molecular weight excluding hydrogens is 94.1 g/mol. The van der Waals surface area contributed by atoms with E-state index in [1.807, 2.05) is 0 Å². The van der Waals surface area contributed by atoms with Crippen molar-refractivity contribution in [2.75, 3.05) is 6.54 Å². The van der Waals surface area contributed by atoms with Crippen molar-refractivity contribution in [3.8, 4) is 0 Å². The fourth-order valence-electron chi connectivity index (χ4n) is 0.167. The van der Waals surface area contributed by atoms with Crippen molar-refractivity contribution in [1.29, 1.82) is 0 Å². The number of hydrogen-bond donors (Lipinski definition) is 2. The van der Waals surface area contributed by atoms with Crippen molar-refractivity contribution < 1.29 is 0 Å². The summed E-state index contributed by atoms with van der Waals surface area (Å²) in [6.45, 7) is 2.77. The average Bonchev–Trinajstić information content (AvgIpc) is 1.65. The molecule has 0 aromatic carbocycles. The molecule has 0 rings (SSSR count). The quantitative estimate of drug-likeness (QED) is 0.495. The molecule has 2 N–H and O–H groups in total. The molecule has 0 aliphatic rings. The largest absolute Gasteiger partial charge is 0.329 e. The van der Waals surface area contributed by atoms with Crippen molar-refractivity contribution in [3.63, 3.8) is 0 Å². The molecule has 0 unspecified atom stereocenters. The lowest BCUT2D eigenvalue weighted by atomic mass is 10.3. The Kier molecular flexibility index (Phi) is 3.68. The first-order valence-electron chi connectivity index (χ1n) is 2.19. The highest BCUT2D eigenvalue weighted by molar-refractivity contribution is 7.81. The van der Waals surface area contributed by atoms with Gasteiger partial charge in [0.2, 0.25) is 0 Å². The van der Waals surface area contributed by atoms with Gasteiger partial charge < -0.3 is 5.73 Å². The molecule has 0 spiro atoms. The lowest BCUT2D eigenvalue weighted by molar-refractivity contribution is 0.833. The van der Waals surface area contributed by atoms with Crippen molar-refractivity contribution in [2.24, 2.45) is 5.73 Å². The third-order valence-corrected chi connectivity index (χ3v) is 1.32. The van der Waals surface area contributed by atoms with Gasteiger partial charge >= 0.3 is 0 Å². The molecular formula is C4H11NS. The van der Waals surface area contributed by atoms with Gasteiger partial charge in [0, 0.05) is 11.8 Å². The SMILES string of the molecule is CC[C@@H](S)CN. The topological polar surface area (TPSA) is 26.0 Å². The lowest BCUT2D eigenvalue weighted by Crippen LogP contribution is -2.12. The molecule has 38 valence electrons. The maximum absolute atomic E-state index is 5.21. The van der Waals surface area contributed by atoms with E-state index in [9.17, 15) is 0 Å². The van der Waals surface area contributed by atoms with Crippen LogP contribution in [-0.2, 0) is 0 Å². The van der Waals surface area contributed by atoms with Crippen molar-refractivity contribution in [1.82, 2.24) is 0 Å². The van der Waals surface area contributed by atoms with Gasteiger partial charge in [-0.2, -0.15) is 12.6 Å². The zero-order valence-corrected chi connectivity index (χ0v) is 4.91. The van der Waals surface area contributed by atoms with Crippen molar-refractivity contribution >= 4 is 12.6 Å². The maximum Gasteiger partial charge on any atom is 0.0137 e. The van der Waals surface area contributed by atoms with Crippen LogP contribution in [0.15, 0.2) is 0 Å². The molecule has 0 radical (unpaired) electrons. The summed E-state index contributed by atoms with van der Waals surface area (Å²) in [5.41, 5.74) is 5.21. The molecule has 0 aromatic rings. The van der Waals surface area contributed by atoms with Crippen LogP contribution in [0.1, 0.15) is 13.3 Å². The summed E-state index contributed by atoms with van der Waals surface area (Å²) in [5.74, 6) is 0. The minimum Gasteiger partial charge on any atom is -0.329 e. The molecule has 6 heavy (non-hydrogen) atoms. The number of rotatable bonds is 2. The van der Waals surface area contributed by atoms with Gasteiger partial charge in [0.1, 0.15) is 0 Å². The first-order chi connectivity index (χ1) is 2.81. The molecule has 0 saturated carbocycles. The van der Waals surface area contributed by atoms with E-state index in [0.29, 0.717) is 11.8 Å². The van der Waals surface area contributed by atoms with Gasteiger partial charge in [-0.15, -0.1) is 0 Å². The molecule has 0 heterocycles. The Morgan fingerprint density at radius 3 is 2.33 bits per heavy atom. The van der Waals surface area contributed by atoms with E-state index in [1.165, 1.54) is 0 Å². The molecule has 0 aliphatic carbocycles. The van der Waals surface area contributed by atoms with Gasteiger partial charge in [-0.1, -0.05) is 6.92 Å². The van der Waals surface area contributed by atoms with Crippen LogP contribution in [0.5, 0.6) is 0 Å². The molecule has 0 aliphatic heterocycles. The van der Waals surface area contributed by atoms with E-state index in [0.717, 1.165) is 6.42 Å². The first-order valence-corrected chi connectivity index (χ1v) is 2.71. The van der Waals surface area contributed by atoms with E-state index < -0.39 is 0 Å². The fourth-order valence-corrected chi connectivity index (χ4v) is 0.167. The van der Waals surface area contributed by atoms with Gasteiger partial charge in [0.15, 0.2) is 0 Å². The van der Waals surface area contributed by atoms with Gasteiger partial charge in [0.25, 0.3) is 0 Å². The number of nitrogens with two attached hydrogens (primary N) is 1. The highest BCUT2D eigenvalue weighted by atomic mass is 32.1. The summed E-state index contributed by atoms with van der Waals surface area (Å²) in [4.78, 5) is 0. The average molecular weight is 105 g/mol. The van der Waals surface area contributed by atoms with Crippen LogP contribution in [0.4, 0.5) is 0 Å². The van der Waals surface area contributed by atoms with Crippen LogP contribution in [0.2, 0.25) is 0 Å². The Hall–Kier alpha value is 0.310. The second kappa shape index (κ2) is 3.50. The van der Waals surface area contributed by atoms with Crippen LogP contribution in [0.3, 0.4) is 0 Å². The maximum atomic E-state index is 5.21. The van der Waals surface area contributed by atoms with Crippen LogP contribution >= 0.6 is 12.6 Å². The molecule has 1 atom stereocenters. The second-order valence-electron chi connectivity index (χ2n) is 1.30. The monoisotopic (exact) mass is 105 g/mol. The minimum atomic E-state index is 0.407. The number of hydrogen-bond acceptors (Lipinski definition) is 2. The summed E-state index contributed by atoms with van der Waals surface area (Å²) >= 11 is 4.10. The highest BCUT2D eigenvalue weighted by Crippen LogP contribution is 1.94.